The highest BCUT2D eigenvalue weighted by Crippen LogP contribution is 2.26. The van der Waals surface area contributed by atoms with Crippen LogP contribution in [0.15, 0.2) is 30.6 Å². The van der Waals surface area contributed by atoms with Gasteiger partial charge in [0.25, 0.3) is 0 Å². The maximum absolute atomic E-state index is 11.2. The van der Waals surface area contributed by atoms with E-state index in [4.69, 9.17) is 5.73 Å². The van der Waals surface area contributed by atoms with Gasteiger partial charge in [0.2, 0.25) is 5.91 Å². The number of nitrogens with zero attached hydrogens (tertiary/aromatic N) is 1. The van der Waals surface area contributed by atoms with E-state index in [1.54, 1.807) is 19.4 Å². The van der Waals surface area contributed by atoms with E-state index in [0.29, 0.717) is 5.69 Å². The number of carbonyl (C=O) groups excluding carboxylic acids is 1. The number of fused-ring (bicyclic) bond motifs is 1. The molecule has 0 aliphatic rings. The van der Waals surface area contributed by atoms with Crippen LogP contribution in [0, 0.1) is 0 Å². The molecular formula is C12H14N4O. The van der Waals surface area contributed by atoms with Crippen molar-refractivity contribution in [3.8, 4) is 0 Å². The van der Waals surface area contributed by atoms with Gasteiger partial charge < -0.3 is 16.4 Å². The van der Waals surface area contributed by atoms with Crippen LogP contribution in [0.4, 0.5) is 11.4 Å². The Morgan fingerprint density at radius 3 is 2.94 bits per heavy atom. The molecular weight excluding hydrogens is 216 g/mol. The molecule has 0 aliphatic carbocycles. The smallest absolute Gasteiger partial charge is 0.239 e. The van der Waals surface area contributed by atoms with E-state index >= 15 is 0 Å². The summed E-state index contributed by atoms with van der Waals surface area (Å²) in [7, 11) is 1.60. The van der Waals surface area contributed by atoms with Crippen molar-refractivity contribution in [1.29, 1.82) is 0 Å². The second-order valence-corrected chi connectivity index (χ2v) is 3.65. The van der Waals surface area contributed by atoms with Crippen molar-refractivity contribution in [2.45, 2.75) is 0 Å². The molecule has 0 fully saturated rings. The van der Waals surface area contributed by atoms with Gasteiger partial charge in [-0.3, -0.25) is 9.78 Å². The van der Waals surface area contributed by atoms with Crippen molar-refractivity contribution < 1.29 is 4.79 Å². The standard InChI is InChI=1S/C12H14N4O/c1-14-12(17)7-16-11-3-2-10(13)8-4-5-15-6-9(8)11/h2-6,16H,7,13H2,1H3,(H,14,17). The second kappa shape index (κ2) is 4.69. The zero-order chi connectivity index (χ0) is 12.3. The number of pyridine rings is 1. The predicted octanol–water partition coefficient (Wildman–Crippen LogP) is 0.975. The molecule has 0 bridgehead atoms. The van der Waals surface area contributed by atoms with Crippen LogP contribution in [0.3, 0.4) is 0 Å². The van der Waals surface area contributed by atoms with Gasteiger partial charge in [0.05, 0.1) is 6.54 Å². The van der Waals surface area contributed by atoms with Crippen LogP contribution >= 0.6 is 0 Å². The largest absolute Gasteiger partial charge is 0.398 e. The van der Waals surface area contributed by atoms with Gasteiger partial charge in [-0.05, 0) is 18.2 Å². The molecule has 2 aromatic rings. The van der Waals surface area contributed by atoms with Crippen LogP contribution in [0.25, 0.3) is 10.8 Å². The molecule has 1 aromatic heterocycles. The molecule has 5 heteroatoms. The fourth-order valence-electron chi connectivity index (χ4n) is 1.63. The van der Waals surface area contributed by atoms with Crippen LogP contribution < -0.4 is 16.4 Å². The minimum absolute atomic E-state index is 0.0705. The monoisotopic (exact) mass is 230 g/mol. The lowest BCUT2D eigenvalue weighted by Crippen LogP contribution is -2.26. The fourth-order valence-corrected chi connectivity index (χ4v) is 1.63. The minimum atomic E-state index is -0.0705. The zero-order valence-corrected chi connectivity index (χ0v) is 9.53. The number of amides is 1. The Labute approximate surface area is 99.0 Å². The molecule has 0 unspecified atom stereocenters. The number of anilines is 2. The van der Waals surface area contributed by atoms with E-state index in [-0.39, 0.29) is 12.5 Å². The van der Waals surface area contributed by atoms with Crippen molar-refractivity contribution in [2.75, 3.05) is 24.6 Å². The number of aromatic nitrogens is 1. The summed E-state index contributed by atoms with van der Waals surface area (Å²) in [6, 6.07) is 5.52. The molecule has 2 rings (SSSR count). The average molecular weight is 230 g/mol. The first-order chi connectivity index (χ1) is 8.22. The Morgan fingerprint density at radius 2 is 2.18 bits per heavy atom. The van der Waals surface area contributed by atoms with Gasteiger partial charge in [-0.25, -0.2) is 0 Å². The number of nitrogens with two attached hydrogens (primary N) is 1. The Bertz CT molecular complexity index is 553. The Balaban J connectivity index is 2.35. The molecule has 17 heavy (non-hydrogen) atoms. The van der Waals surface area contributed by atoms with E-state index in [1.165, 1.54) is 0 Å². The highest BCUT2D eigenvalue weighted by atomic mass is 16.1. The molecule has 0 spiro atoms. The normalized spacial score (nSPS) is 10.2. The number of hydrogen-bond donors (Lipinski definition) is 3. The maximum atomic E-state index is 11.2. The van der Waals surface area contributed by atoms with Gasteiger partial charge >= 0.3 is 0 Å². The number of likely N-dealkylation sites (N-methyl/N-ethyl adjacent to an activating group) is 1. The molecule has 0 atom stereocenters. The van der Waals surface area contributed by atoms with E-state index in [9.17, 15) is 4.79 Å². The predicted molar refractivity (Wildman–Crippen MR) is 68.7 cm³/mol. The van der Waals surface area contributed by atoms with Gasteiger partial charge in [0, 0.05) is 41.6 Å². The number of rotatable bonds is 3. The van der Waals surface area contributed by atoms with Crippen LogP contribution in [-0.2, 0) is 4.79 Å². The number of nitrogens with one attached hydrogen (secondary N) is 2. The molecule has 1 aromatic carbocycles. The lowest BCUT2D eigenvalue weighted by molar-refractivity contribution is -0.118. The van der Waals surface area contributed by atoms with Gasteiger partial charge in [0.15, 0.2) is 0 Å². The summed E-state index contributed by atoms with van der Waals surface area (Å²) >= 11 is 0. The maximum Gasteiger partial charge on any atom is 0.239 e. The Hall–Kier alpha value is -2.30. The van der Waals surface area contributed by atoms with Crippen molar-refractivity contribution in [2.24, 2.45) is 0 Å². The van der Waals surface area contributed by atoms with Crippen molar-refractivity contribution >= 4 is 28.1 Å². The number of carbonyl (C=O) groups is 1. The summed E-state index contributed by atoms with van der Waals surface area (Å²) in [5.74, 6) is -0.0705. The zero-order valence-electron chi connectivity index (χ0n) is 9.53. The third kappa shape index (κ3) is 2.28. The second-order valence-electron chi connectivity index (χ2n) is 3.65. The Morgan fingerprint density at radius 1 is 1.35 bits per heavy atom. The molecule has 1 amide bonds. The first-order valence-electron chi connectivity index (χ1n) is 5.29. The summed E-state index contributed by atoms with van der Waals surface area (Å²) in [6.45, 7) is 0.227. The lowest BCUT2D eigenvalue weighted by Gasteiger charge is -2.10. The summed E-state index contributed by atoms with van der Waals surface area (Å²) in [5, 5.41) is 7.46. The SMILES string of the molecule is CNC(=O)CNc1ccc(N)c2ccncc12. The third-order valence-electron chi connectivity index (χ3n) is 2.57. The molecule has 1 heterocycles. The topological polar surface area (TPSA) is 80.0 Å². The molecule has 0 saturated carbocycles. The fraction of sp³-hybridized carbons (Fsp3) is 0.167. The molecule has 0 radical (unpaired) electrons. The van der Waals surface area contributed by atoms with Crippen LogP contribution in [-0.4, -0.2) is 24.5 Å². The van der Waals surface area contributed by atoms with Crippen molar-refractivity contribution in [3.63, 3.8) is 0 Å². The highest BCUT2D eigenvalue weighted by molar-refractivity contribution is 6.01. The van der Waals surface area contributed by atoms with E-state index < -0.39 is 0 Å². The molecule has 5 nitrogen and oxygen atoms in total. The van der Waals surface area contributed by atoms with Gasteiger partial charge in [-0.1, -0.05) is 0 Å². The third-order valence-corrected chi connectivity index (χ3v) is 2.57. The number of nitrogen functional groups attached to an aromatic ring is 1. The quantitative estimate of drug-likeness (QED) is 0.686. The van der Waals surface area contributed by atoms with Crippen LogP contribution in [0.1, 0.15) is 0 Å². The minimum Gasteiger partial charge on any atom is -0.398 e. The molecule has 4 N–H and O–H groups in total. The molecule has 0 saturated heterocycles. The first-order valence-corrected chi connectivity index (χ1v) is 5.29. The molecule has 88 valence electrons. The van der Waals surface area contributed by atoms with Gasteiger partial charge in [-0.2, -0.15) is 0 Å². The average Bonchev–Trinajstić information content (AvgIpc) is 2.38. The summed E-state index contributed by atoms with van der Waals surface area (Å²) in [6.07, 6.45) is 3.43. The summed E-state index contributed by atoms with van der Waals surface area (Å²) < 4.78 is 0. The summed E-state index contributed by atoms with van der Waals surface area (Å²) in [4.78, 5) is 15.2. The highest BCUT2D eigenvalue weighted by Gasteiger charge is 2.05. The van der Waals surface area contributed by atoms with E-state index in [0.717, 1.165) is 16.5 Å². The summed E-state index contributed by atoms with van der Waals surface area (Å²) in [5.41, 5.74) is 7.43. The lowest BCUT2D eigenvalue weighted by atomic mass is 10.1. The number of hydrogen-bond acceptors (Lipinski definition) is 4. The first kappa shape index (κ1) is 11.2. The Kier molecular flexibility index (Phi) is 3.09. The molecule has 0 aliphatic heterocycles. The van der Waals surface area contributed by atoms with Crippen LogP contribution in [0.5, 0.6) is 0 Å². The van der Waals surface area contributed by atoms with Gasteiger partial charge in [-0.15, -0.1) is 0 Å². The van der Waals surface area contributed by atoms with E-state index in [2.05, 4.69) is 15.6 Å². The van der Waals surface area contributed by atoms with Crippen molar-refractivity contribution in [3.05, 3.63) is 30.6 Å². The van der Waals surface area contributed by atoms with Crippen LogP contribution in [0.2, 0.25) is 0 Å². The van der Waals surface area contributed by atoms with Crippen molar-refractivity contribution in [1.82, 2.24) is 10.3 Å². The van der Waals surface area contributed by atoms with Gasteiger partial charge in [0.1, 0.15) is 0 Å². The number of benzene rings is 1. The van der Waals surface area contributed by atoms with E-state index in [1.807, 2.05) is 18.2 Å².